The molecule has 12 heteroatoms. The Morgan fingerprint density at radius 1 is 1.08 bits per heavy atom. The van der Waals surface area contributed by atoms with Gasteiger partial charge in [0.05, 0.1) is 29.1 Å². The van der Waals surface area contributed by atoms with E-state index in [0.717, 1.165) is 38.6 Å². The Hall–Kier alpha value is -4.34. The number of halogens is 3. The average molecular weight is 659 g/mol. The van der Waals surface area contributed by atoms with E-state index in [4.69, 9.17) is 25.9 Å². The fraction of sp³-hybridized carbons (Fsp3) is 0.472. The first-order valence-corrected chi connectivity index (χ1v) is 16.7. The van der Waals surface area contributed by atoms with E-state index >= 15 is 8.78 Å². The van der Waals surface area contributed by atoms with Crippen LogP contribution in [0.15, 0.2) is 24.3 Å². The fourth-order valence-corrected chi connectivity index (χ4v) is 8.19. The number of benzene rings is 2. The van der Waals surface area contributed by atoms with Gasteiger partial charge in [0.15, 0.2) is 5.82 Å². The molecule has 3 saturated heterocycles. The zero-order valence-corrected chi connectivity index (χ0v) is 26.8. The lowest BCUT2D eigenvalue weighted by molar-refractivity contribution is 0.103. The number of nitrogens with zero attached hydrogens (tertiary/aromatic N) is 6. The molecular weight excluding hydrogens is 621 g/mol. The molecule has 9 nitrogen and oxygen atoms in total. The highest BCUT2D eigenvalue weighted by atomic mass is 19.1. The van der Waals surface area contributed by atoms with E-state index in [0.29, 0.717) is 61.7 Å². The van der Waals surface area contributed by atoms with E-state index < -0.39 is 23.3 Å². The third-order valence-electron chi connectivity index (χ3n) is 10.5. The highest BCUT2D eigenvalue weighted by Crippen LogP contribution is 2.44. The van der Waals surface area contributed by atoms with Crippen molar-refractivity contribution >= 4 is 33.3 Å². The molecule has 0 amide bonds. The number of hydrogen-bond donors (Lipinski definition) is 1. The van der Waals surface area contributed by atoms with Crippen LogP contribution in [0.1, 0.15) is 44.1 Å². The molecule has 48 heavy (non-hydrogen) atoms. The van der Waals surface area contributed by atoms with Crippen LogP contribution in [-0.4, -0.2) is 95.8 Å². The molecule has 6 heterocycles. The lowest BCUT2D eigenvalue weighted by atomic mass is 9.95. The van der Waals surface area contributed by atoms with Crippen molar-refractivity contribution in [2.75, 3.05) is 62.8 Å². The third kappa shape index (κ3) is 5.06. The first-order valence-electron chi connectivity index (χ1n) is 16.7. The van der Waals surface area contributed by atoms with Gasteiger partial charge in [-0.05, 0) is 62.2 Å². The number of aromatic hydroxyl groups is 1. The number of pyridine rings is 1. The van der Waals surface area contributed by atoms with Gasteiger partial charge in [-0.1, -0.05) is 12.0 Å². The van der Waals surface area contributed by atoms with Crippen molar-refractivity contribution in [1.29, 1.82) is 0 Å². The Morgan fingerprint density at radius 3 is 2.81 bits per heavy atom. The second-order valence-electron chi connectivity index (χ2n) is 13.5. The van der Waals surface area contributed by atoms with Gasteiger partial charge in [0.1, 0.15) is 47.2 Å². The summed E-state index contributed by atoms with van der Waals surface area (Å²) in [7, 11) is 1.88. The zero-order chi connectivity index (χ0) is 33.2. The number of phenols is 1. The van der Waals surface area contributed by atoms with Crippen LogP contribution in [0.5, 0.6) is 11.8 Å². The molecule has 0 bridgehead atoms. The van der Waals surface area contributed by atoms with Crippen molar-refractivity contribution in [3.8, 4) is 35.4 Å². The molecule has 0 aliphatic carbocycles. The normalized spacial score (nSPS) is 24.5. The van der Waals surface area contributed by atoms with E-state index in [9.17, 15) is 9.50 Å². The number of rotatable bonds is 4. The van der Waals surface area contributed by atoms with Crippen molar-refractivity contribution in [3.05, 3.63) is 41.5 Å². The summed E-state index contributed by atoms with van der Waals surface area (Å²) in [5.41, 5.74) is -0.518. The van der Waals surface area contributed by atoms with Gasteiger partial charge < -0.3 is 24.4 Å². The second-order valence-corrected chi connectivity index (χ2v) is 13.5. The van der Waals surface area contributed by atoms with Gasteiger partial charge in [0.25, 0.3) is 0 Å². The van der Waals surface area contributed by atoms with Crippen molar-refractivity contribution < 1.29 is 27.8 Å². The van der Waals surface area contributed by atoms with Gasteiger partial charge >= 0.3 is 6.01 Å². The molecule has 2 aromatic heterocycles. The maximum atomic E-state index is 17.2. The van der Waals surface area contributed by atoms with Crippen LogP contribution in [0.2, 0.25) is 0 Å². The number of terminal acetylenes is 1. The number of ether oxygens (including phenoxy) is 2. The Kier molecular flexibility index (Phi) is 7.72. The quantitative estimate of drug-likeness (QED) is 0.282. The summed E-state index contributed by atoms with van der Waals surface area (Å²) in [6.07, 6.45) is 9.40. The Morgan fingerprint density at radius 2 is 1.96 bits per heavy atom. The maximum Gasteiger partial charge on any atom is 0.319 e. The molecule has 4 aliphatic rings. The zero-order valence-electron chi connectivity index (χ0n) is 26.8. The summed E-state index contributed by atoms with van der Waals surface area (Å²) in [4.78, 5) is 20.7. The van der Waals surface area contributed by atoms with Gasteiger partial charge in [0.2, 0.25) is 0 Å². The third-order valence-corrected chi connectivity index (χ3v) is 10.5. The summed E-state index contributed by atoms with van der Waals surface area (Å²) in [5.74, 6) is 1.77. The molecule has 0 radical (unpaired) electrons. The highest BCUT2D eigenvalue weighted by molar-refractivity contribution is 6.06. The molecule has 3 atom stereocenters. The summed E-state index contributed by atoms with van der Waals surface area (Å²) in [6.45, 7) is 3.79. The molecule has 0 spiro atoms. The van der Waals surface area contributed by atoms with Crippen LogP contribution in [0.3, 0.4) is 0 Å². The number of hydrogen-bond acceptors (Lipinski definition) is 9. The molecule has 4 aliphatic heterocycles. The lowest BCUT2D eigenvalue weighted by Crippen LogP contribution is -2.45. The van der Waals surface area contributed by atoms with Gasteiger partial charge in [-0.15, -0.1) is 6.42 Å². The summed E-state index contributed by atoms with van der Waals surface area (Å²) < 4.78 is 59.2. The summed E-state index contributed by atoms with van der Waals surface area (Å²) in [6, 6.07) is 5.48. The SMILES string of the molecule is C#Cc1c(F)ccc2cc(O)cc(-c3nc4c5c(nc(OC[C@@]67CCCN6C[C@H](F)C7)nc5c3F)N3CCCCOC[C@@H]3CCN4C)c12. The van der Waals surface area contributed by atoms with Crippen LogP contribution >= 0.6 is 0 Å². The first kappa shape index (κ1) is 31.0. The van der Waals surface area contributed by atoms with E-state index in [1.807, 2.05) is 11.9 Å². The molecule has 8 rings (SSSR count). The number of anilines is 2. The summed E-state index contributed by atoms with van der Waals surface area (Å²) >= 11 is 0. The smallest absolute Gasteiger partial charge is 0.319 e. The summed E-state index contributed by atoms with van der Waals surface area (Å²) in [5, 5.41) is 11.8. The number of fused-ring (bicyclic) bond motifs is 4. The molecule has 1 N–H and O–H groups in total. The van der Waals surface area contributed by atoms with Crippen molar-refractivity contribution in [2.45, 2.75) is 56.3 Å². The van der Waals surface area contributed by atoms with Gasteiger partial charge in [-0.2, -0.15) is 9.97 Å². The standard InChI is InChI=1S/C36H37F3N6O3/c1-3-25-27(38)8-7-21-15-24(46)16-26(28(21)25)31-30(39)32-29-33(40-31)43(2)13-9-23-19-47-14-5-4-12-45(23)34(29)42-35(41-32)48-20-36-10-6-11-44(36)18-22(37)17-36/h1,7-8,15-16,22-23,46H,4-6,9-14,17-20H2,2H3/t22-,23+,36+/m1/s1. The predicted octanol–water partition coefficient (Wildman–Crippen LogP) is 5.59. The maximum absolute atomic E-state index is 17.2. The van der Waals surface area contributed by atoms with Crippen LogP contribution in [0.4, 0.5) is 24.8 Å². The molecule has 3 fully saturated rings. The van der Waals surface area contributed by atoms with Crippen LogP contribution < -0.4 is 14.5 Å². The Balaban J connectivity index is 1.36. The van der Waals surface area contributed by atoms with Crippen LogP contribution in [0.25, 0.3) is 32.9 Å². The molecule has 250 valence electrons. The number of phenolic OH excluding ortho intramolecular Hbond substituents is 1. The van der Waals surface area contributed by atoms with Crippen molar-refractivity contribution in [2.24, 2.45) is 0 Å². The minimum Gasteiger partial charge on any atom is -0.508 e. The second kappa shape index (κ2) is 12.0. The molecule has 0 saturated carbocycles. The molecule has 4 aromatic rings. The van der Waals surface area contributed by atoms with Gasteiger partial charge in [-0.3, -0.25) is 4.90 Å². The molecule has 0 unspecified atom stereocenters. The minimum absolute atomic E-state index is 0.0101. The largest absolute Gasteiger partial charge is 0.508 e. The highest BCUT2D eigenvalue weighted by Gasteiger charge is 2.49. The van der Waals surface area contributed by atoms with Gasteiger partial charge in [-0.25, -0.2) is 18.2 Å². The molecule has 2 aromatic carbocycles. The van der Waals surface area contributed by atoms with Crippen molar-refractivity contribution in [3.63, 3.8) is 0 Å². The van der Waals surface area contributed by atoms with Crippen LogP contribution in [-0.2, 0) is 4.74 Å². The fourth-order valence-electron chi connectivity index (χ4n) is 8.19. The first-order chi connectivity index (χ1) is 23.3. The molecular formula is C36H37F3N6O3. The van der Waals surface area contributed by atoms with E-state index in [2.05, 4.69) is 20.7 Å². The predicted molar refractivity (Wildman–Crippen MR) is 177 cm³/mol. The number of alkyl halides is 1. The topological polar surface area (TPSA) is 87.1 Å². The van der Waals surface area contributed by atoms with E-state index in [1.54, 1.807) is 0 Å². The van der Waals surface area contributed by atoms with Crippen molar-refractivity contribution in [1.82, 2.24) is 19.9 Å². The Bertz CT molecular complexity index is 1970. The minimum atomic E-state index is -0.930. The van der Waals surface area contributed by atoms with E-state index in [1.165, 1.54) is 24.3 Å². The Labute approximate surface area is 276 Å². The van der Waals surface area contributed by atoms with E-state index in [-0.39, 0.29) is 52.1 Å². The van der Waals surface area contributed by atoms with Gasteiger partial charge in [0, 0.05) is 50.7 Å². The number of aromatic nitrogens is 3. The van der Waals surface area contributed by atoms with Crippen LogP contribution in [0, 0.1) is 24.0 Å². The monoisotopic (exact) mass is 658 g/mol. The average Bonchev–Trinajstić information content (AvgIpc) is 3.58. The lowest BCUT2D eigenvalue weighted by Gasteiger charge is -2.38.